The maximum atomic E-state index is 12.3. The van der Waals surface area contributed by atoms with E-state index >= 15 is 0 Å². The molecule has 0 unspecified atom stereocenters. The van der Waals surface area contributed by atoms with E-state index in [-0.39, 0.29) is 30.3 Å². The molecule has 7 heteroatoms. The zero-order chi connectivity index (χ0) is 17.7. The second kappa shape index (κ2) is 8.10. The van der Waals surface area contributed by atoms with E-state index in [9.17, 15) is 9.59 Å². The van der Waals surface area contributed by atoms with Crippen molar-refractivity contribution in [2.75, 3.05) is 5.32 Å². The van der Waals surface area contributed by atoms with Gasteiger partial charge in [-0.3, -0.25) is 4.79 Å². The lowest BCUT2D eigenvalue weighted by molar-refractivity contribution is -0.117. The van der Waals surface area contributed by atoms with Crippen LogP contribution in [-0.4, -0.2) is 21.4 Å². The van der Waals surface area contributed by atoms with Gasteiger partial charge < -0.3 is 15.2 Å². The Morgan fingerprint density at radius 2 is 1.92 bits per heavy atom. The maximum absolute atomic E-state index is 12.3. The van der Waals surface area contributed by atoms with Crippen molar-refractivity contribution in [2.45, 2.75) is 33.4 Å². The van der Waals surface area contributed by atoms with E-state index in [4.69, 9.17) is 0 Å². The number of rotatable bonds is 6. The first-order chi connectivity index (χ1) is 11.4. The fraction of sp³-hybridized carbons (Fsp3) is 0.353. The first kappa shape index (κ1) is 18.2. The van der Waals surface area contributed by atoms with E-state index < -0.39 is 0 Å². The van der Waals surface area contributed by atoms with Gasteiger partial charge in [0.25, 0.3) is 0 Å². The number of nitrogens with one attached hydrogen (secondary N) is 2. The molecule has 0 saturated heterocycles. The zero-order valence-corrected chi connectivity index (χ0v) is 15.5. The Balaban J connectivity index is 2.11. The fourth-order valence-electron chi connectivity index (χ4n) is 2.34. The number of ketones is 1. The lowest BCUT2D eigenvalue weighted by Crippen LogP contribution is -2.36. The molecule has 1 aromatic heterocycles. The highest BCUT2D eigenvalue weighted by Crippen LogP contribution is 2.21. The van der Waals surface area contributed by atoms with Crippen LogP contribution in [0.3, 0.4) is 0 Å². The van der Waals surface area contributed by atoms with E-state index in [1.807, 2.05) is 38.1 Å². The molecule has 6 nitrogen and oxygen atoms in total. The minimum absolute atomic E-state index is 0.0380. The SMILES string of the molecule is CC(=O)Cn1ccnc1[C@@H](NC(=O)Nc1ccc(Br)cc1)C(C)C. The van der Waals surface area contributed by atoms with Crippen molar-refractivity contribution < 1.29 is 9.59 Å². The van der Waals surface area contributed by atoms with Gasteiger partial charge in [-0.05, 0) is 37.1 Å². The van der Waals surface area contributed by atoms with Gasteiger partial charge in [-0.25, -0.2) is 9.78 Å². The summed E-state index contributed by atoms with van der Waals surface area (Å²) in [7, 11) is 0. The number of anilines is 1. The molecule has 1 aromatic carbocycles. The monoisotopic (exact) mass is 392 g/mol. The number of nitrogens with zero attached hydrogens (tertiary/aromatic N) is 2. The van der Waals surface area contributed by atoms with E-state index in [2.05, 4.69) is 31.5 Å². The summed E-state index contributed by atoms with van der Waals surface area (Å²) in [6, 6.07) is 6.72. The Labute approximate surface area is 149 Å². The summed E-state index contributed by atoms with van der Waals surface area (Å²) < 4.78 is 2.71. The van der Waals surface area contributed by atoms with Crippen molar-refractivity contribution in [2.24, 2.45) is 5.92 Å². The van der Waals surface area contributed by atoms with Crippen LogP contribution >= 0.6 is 15.9 Å². The number of aromatic nitrogens is 2. The Kier molecular flexibility index (Phi) is 6.14. The number of hydrogen-bond acceptors (Lipinski definition) is 3. The van der Waals surface area contributed by atoms with Crippen molar-refractivity contribution in [1.82, 2.24) is 14.9 Å². The van der Waals surface area contributed by atoms with Gasteiger partial charge in [0.1, 0.15) is 11.6 Å². The highest BCUT2D eigenvalue weighted by Gasteiger charge is 2.23. The normalized spacial score (nSPS) is 12.0. The number of amides is 2. The molecule has 1 atom stereocenters. The molecule has 2 amide bonds. The van der Waals surface area contributed by atoms with Gasteiger partial charge in [-0.1, -0.05) is 29.8 Å². The predicted molar refractivity (Wildman–Crippen MR) is 96.8 cm³/mol. The molecule has 0 bridgehead atoms. The number of Topliss-reactive ketones (excluding diaryl/α,β-unsaturated/α-hetero) is 1. The molecule has 24 heavy (non-hydrogen) atoms. The van der Waals surface area contributed by atoms with Crippen molar-refractivity contribution in [3.63, 3.8) is 0 Å². The highest BCUT2D eigenvalue weighted by atomic mass is 79.9. The Morgan fingerprint density at radius 1 is 1.25 bits per heavy atom. The van der Waals surface area contributed by atoms with Crippen LogP contribution in [-0.2, 0) is 11.3 Å². The van der Waals surface area contributed by atoms with Crippen LogP contribution in [0.4, 0.5) is 10.5 Å². The van der Waals surface area contributed by atoms with Crippen molar-refractivity contribution in [1.29, 1.82) is 0 Å². The summed E-state index contributed by atoms with van der Waals surface area (Å²) in [6.07, 6.45) is 3.39. The molecule has 0 spiro atoms. The summed E-state index contributed by atoms with van der Waals surface area (Å²) in [5.41, 5.74) is 0.699. The molecule has 0 aliphatic rings. The smallest absolute Gasteiger partial charge is 0.319 e. The molecule has 0 aliphatic carbocycles. The van der Waals surface area contributed by atoms with E-state index in [1.54, 1.807) is 17.0 Å². The third kappa shape index (κ3) is 4.92. The van der Waals surface area contributed by atoms with Crippen LogP contribution in [0.2, 0.25) is 0 Å². The summed E-state index contributed by atoms with van der Waals surface area (Å²) >= 11 is 3.36. The van der Waals surface area contributed by atoms with Crippen molar-refractivity contribution in [3.05, 3.63) is 47.0 Å². The number of halogens is 1. The molecular weight excluding hydrogens is 372 g/mol. The number of hydrogen-bond donors (Lipinski definition) is 2. The van der Waals surface area contributed by atoms with Crippen LogP contribution in [0.1, 0.15) is 32.6 Å². The third-order valence-corrected chi connectivity index (χ3v) is 4.00. The topological polar surface area (TPSA) is 76.0 Å². The Bertz CT molecular complexity index is 710. The molecule has 128 valence electrons. The first-order valence-electron chi connectivity index (χ1n) is 7.70. The van der Waals surface area contributed by atoms with Gasteiger partial charge in [0, 0.05) is 22.6 Å². The van der Waals surface area contributed by atoms with Crippen LogP contribution in [0.25, 0.3) is 0 Å². The number of carbonyl (C=O) groups excluding carboxylic acids is 2. The van der Waals surface area contributed by atoms with Gasteiger partial charge in [-0.2, -0.15) is 0 Å². The lowest BCUT2D eigenvalue weighted by Gasteiger charge is -2.23. The standard InChI is InChI=1S/C17H21BrN4O2/c1-11(2)15(16-19-8-9-22(16)10-12(3)23)21-17(24)20-14-6-4-13(18)5-7-14/h4-9,11,15H,10H2,1-3H3,(H2,20,21,24)/t15-/m0/s1. The van der Waals surface area contributed by atoms with Gasteiger partial charge in [0.05, 0.1) is 12.6 Å². The molecule has 2 aromatic rings. The van der Waals surface area contributed by atoms with Crippen LogP contribution in [0.5, 0.6) is 0 Å². The second-order valence-electron chi connectivity index (χ2n) is 5.94. The number of imidazole rings is 1. The average molecular weight is 393 g/mol. The largest absolute Gasteiger partial charge is 0.328 e. The van der Waals surface area contributed by atoms with E-state index in [0.29, 0.717) is 11.5 Å². The second-order valence-corrected chi connectivity index (χ2v) is 6.86. The van der Waals surface area contributed by atoms with Gasteiger partial charge in [0.2, 0.25) is 0 Å². The average Bonchev–Trinajstić information content (AvgIpc) is 2.94. The van der Waals surface area contributed by atoms with E-state index in [1.165, 1.54) is 6.92 Å². The summed E-state index contributed by atoms with van der Waals surface area (Å²) in [4.78, 5) is 28.0. The molecule has 0 radical (unpaired) electrons. The number of benzene rings is 1. The fourth-order valence-corrected chi connectivity index (χ4v) is 2.61. The molecule has 0 saturated carbocycles. The molecule has 0 aliphatic heterocycles. The molecular formula is C17H21BrN4O2. The van der Waals surface area contributed by atoms with Crippen molar-refractivity contribution >= 4 is 33.4 Å². The minimum atomic E-state index is -0.312. The number of urea groups is 1. The predicted octanol–water partition coefficient (Wildman–Crippen LogP) is 3.75. The molecule has 2 rings (SSSR count). The number of carbonyl (C=O) groups is 2. The van der Waals surface area contributed by atoms with Crippen LogP contribution < -0.4 is 10.6 Å². The van der Waals surface area contributed by atoms with Gasteiger partial charge in [0.15, 0.2) is 0 Å². The summed E-state index contributed by atoms with van der Waals surface area (Å²) in [5, 5.41) is 5.74. The lowest BCUT2D eigenvalue weighted by atomic mass is 10.0. The Hall–Kier alpha value is -2.15. The minimum Gasteiger partial charge on any atom is -0.328 e. The highest BCUT2D eigenvalue weighted by molar-refractivity contribution is 9.10. The van der Waals surface area contributed by atoms with Crippen LogP contribution in [0.15, 0.2) is 41.1 Å². The van der Waals surface area contributed by atoms with Gasteiger partial charge >= 0.3 is 6.03 Å². The first-order valence-corrected chi connectivity index (χ1v) is 8.49. The Morgan fingerprint density at radius 3 is 2.50 bits per heavy atom. The zero-order valence-electron chi connectivity index (χ0n) is 13.9. The molecule has 2 N–H and O–H groups in total. The molecule has 1 heterocycles. The summed E-state index contributed by atoms with van der Waals surface area (Å²) in [5.74, 6) is 0.830. The molecule has 0 fully saturated rings. The van der Waals surface area contributed by atoms with Crippen LogP contribution in [0, 0.1) is 5.92 Å². The van der Waals surface area contributed by atoms with Gasteiger partial charge in [-0.15, -0.1) is 0 Å². The maximum Gasteiger partial charge on any atom is 0.319 e. The summed E-state index contributed by atoms with van der Waals surface area (Å²) in [6.45, 7) is 5.77. The third-order valence-electron chi connectivity index (χ3n) is 3.47. The quantitative estimate of drug-likeness (QED) is 0.785. The van der Waals surface area contributed by atoms with Crippen molar-refractivity contribution in [3.8, 4) is 0 Å². The van der Waals surface area contributed by atoms with E-state index in [0.717, 1.165) is 4.47 Å².